The monoisotopic (exact) mass is 367 g/mol. The summed E-state index contributed by atoms with van der Waals surface area (Å²) in [5.74, 6) is -0.204. The predicted molar refractivity (Wildman–Crippen MR) is 75.3 cm³/mol. The van der Waals surface area contributed by atoms with Crippen molar-refractivity contribution in [3.05, 3.63) is 59.9 Å². The SMILES string of the molecule is O=[C-]c1cc2cc(NC(=O)c3ccccc3)cnc2[nH]1.[Rh]. The molecule has 0 saturated carbocycles. The second-order valence-corrected chi connectivity index (χ2v) is 4.27. The summed E-state index contributed by atoms with van der Waals surface area (Å²) in [6, 6.07) is 12.3. The Kier molecular flexibility index (Phi) is 4.60. The number of amides is 1. The third-order valence-corrected chi connectivity index (χ3v) is 2.87. The average Bonchev–Trinajstić information content (AvgIpc) is 2.90. The number of anilines is 1. The van der Waals surface area contributed by atoms with Crippen LogP contribution in [0.3, 0.4) is 0 Å². The minimum Gasteiger partial charge on any atom is -0.417 e. The smallest absolute Gasteiger partial charge is 0.255 e. The van der Waals surface area contributed by atoms with E-state index in [1.54, 1.807) is 42.7 Å². The van der Waals surface area contributed by atoms with Gasteiger partial charge in [0.25, 0.3) is 5.91 Å². The van der Waals surface area contributed by atoms with Gasteiger partial charge in [0.1, 0.15) is 5.65 Å². The van der Waals surface area contributed by atoms with Crippen LogP contribution in [-0.2, 0) is 24.3 Å². The van der Waals surface area contributed by atoms with Gasteiger partial charge in [0.2, 0.25) is 0 Å². The number of nitrogens with zero attached hydrogens (tertiary/aromatic N) is 1. The summed E-state index contributed by atoms with van der Waals surface area (Å²) in [7, 11) is 0. The van der Waals surface area contributed by atoms with Crippen molar-refractivity contribution in [2.45, 2.75) is 0 Å². The fraction of sp³-hybridized carbons (Fsp3) is 0. The van der Waals surface area contributed by atoms with E-state index < -0.39 is 0 Å². The van der Waals surface area contributed by atoms with Gasteiger partial charge in [-0.1, -0.05) is 29.3 Å². The molecule has 3 rings (SSSR count). The molecular formula is C15H10N3O2Rh-. The molecule has 0 unspecified atom stereocenters. The number of fused-ring (bicyclic) bond motifs is 1. The molecule has 107 valence electrons. The van der Waals surface area contributed by atoms with Gasteiger partial charge in [0.15, 0.2) is 0 Å². The second kappa shape index (κ2) is 6.42. The van der Waals surface area contributed by atoms with E-state index in [1.807, 2.05) is 6.07 Å². The molecule has 0 atom stereocenters. The van der Waals surface area contributed by atoms with Crippen molar-refractivity contribution in [3.8, 4) is 0 Å². The topological polar surface area (TPSA) is 74.8 Å². The average molecular weight is 367 g/mol. The molecule has 2 aromatic heterocycles. The van der Waals surface area contributed by atoms with Gasteiger partial charge in [-0.2, -0.15) is 6.07 Å². The minimum atomic E-state index is -0.204. The second-order valence-electron chi connectivity index (χ2n) is 4.27. The first-order valence-electron chi connectivity index (χ1n) is 5.99. The third kappa shape index (κ3) is 3.23. The number of aromatic nitrogens is 2. The summed E-state index contributed by atoms with van der Waals surface area (Å²) in [5, 5.41) is 3.51. The van der Waals surface area contributed by atoms with Gasteiger partial charge >= 0.3 is 0 Å². The van der Waals surface area contributed by atoms with E-state index in [9.17, 15) is 9.59 Å². The molecule has 0 aliphatic rings. The van der Waals surface area contributed by atoms with Crippen molar-refractivity contribution in [1.29, 1.82) is 0 Å². The van der Waals surface area contributed by atoms with E-state index in [0.29, 0.717) is 22.6 Å². The van der Waals surface area contributed by atoms with Crippen molar-refractivity contribution in [1.82, 2.24) is 9.97 Å². The molecule has 0 spiro atoms. The largest absolute Gasteiger partial charge is 0.417 e. The van der Waals surface area contributed by atoms with Gasteiger partial charge in [-0.05, 0) is 18.2 Å². The fourth-order valence-corrected chi connectivity index (χ4v) is 1.93. The van der Waals surface area contributed by atoms with Crippen molar-refractivity contribution in [2.24, 2.45) is 0 Å². The van der Waals surface area contributed by atoms with Crippen LogP contribution >= 0.6 is 0 Å². The number of H-pyrrole nitrogens is 1. The number of pyridine rings is 1. The Morgan fingerprint density at radius 2 is 1.95 bits per heavy atom. The van der Waals surface area contributed by atoms with E-state index in [1.165, 1.54) is 6.20 Å². The number of hydrogen-bond acceptors (Lipinski definition) is 3. The fourth-order valence-electron chi connectivity index (χ4n) is 1.93. The summed E-state index contributed by atoms with van der Waals surface area (Å²) < 4.78 is 0. The first-order valence-corrected chi connectivity index (χ1v) is 5.99. The van der Waals surface area contributed by atoms with Crippen LogP contribution in [0.5, 0.6) is 0 Å². The van der Waals surface area contributed by atoms with Crippen LogP contribution in [-0.4, -0.2) is 22.2 Å². The zero-order valence-corrected chi connectivity index (χ0v) is 12.4. The molecule has 0 fully saturated rings. The van der Waals surface area contributed by atoms with E-state index in [-0.39, 0.29) is 25.4 Å². The van der Waals surface area contributed by atoms with Crippen LogP contribution in [0.25, 0.3) is 11.0 Å². The number of benzene rings is 1. The molecule has 0 bridgehead atoms. The van der Waals surface area contributed by atoms with Gasteiger partial charge in [-0.25, -0.2) is 4.98 Å². The predicted octanol–water partition coefficient (Wildman–Crippen LogP) is 2.27. The Hall–Kier alpha value is -2.33. The van der Waals surface area contributed by atoms with E-state index >= 15 is 0 Å². The number of carbonyl (C=O) groups excluding carboxylic acids is 2. The van der Waals surface area contributed by atoms with E-state index in [2.05, 4.69) is 15.3 Å². The number of aromatic amines is 1. The Morgan fingerprint density at radius 3 is 2.67 bits per heavy atom. The Morgan fingerprint density at radius 1 is 1.19 bits per heavy atom. The van der Waals surface area contributed by atoms with E-state index in [0.717, 1.165) is 5.39 Å². The molecule has 2 N–H and O–H groups in total. The molecule has 1 aromatic carbocycles. The van der Waals surface area contributed by atoms with Crippen molar-refractivity contribution in [2.75, 3.05) is 5.32 Å². The van der Waals surface area contributed by atoms with Gasteiger partial charge in [0, 0.05) is 31.3 Å². The zero-order valence-electron chi connectivity index (χ0n) is 10.7. The maximum Gasteiger partial charge on any atom is 0.255 e. The summed E-state index contributed by atoms with van der Waals surface area (Å²) in [6.45, 7) is 0. The van der Waals surface area contributed by atoms with E-state index in [4.69, 9.17) is 0 Å². The Labute approximate surface area is 133 Å². The van der Waals surface area contributed by atoms with Crippen LogP contribution in [0.2, 0.25) is 0 Å². The van der Waals surface area contributed by atoms with Crippen LogP contribution in [0.15, 0.2) is 48.7 Å². The van der Waals surface area contributed by atoms with Gasteiger partial charge in [0.05, 0.1) is 11.9 Å². The summed E-state index contributed by atoms with van der Waals surface area (Å²) in [5.41, 5.74) is 2.06. The number of hydrogen-bond donors (Lipinski definition) is 2. The molecule has 1 amide bonds. The molecule has 6 heteroatoms. The molecular weight excluding hydrogens is 357 g/mol. The number of carbonyl (C=O) groups is 1. The van der Waals surface area contributed by atoms with Crippen molar-refractivity contribution < 1.29 is 29.1 Å². The normalized spacial score (nSPS) is 9.90. The Bertz CT molecular complexity index is 784. The first-order chi connectivity index (χ1) is 9.76. The minimum absolute atomic E-state index is 0. The molecule has 3 aromatic rings. The van der Waals surface area contributed by atoms with Crippen LogP contribution < -0.4 is 5.32 Å². The standard InChI is InChI=1S/C15H10N3O2.Rh/c19-9-13-7-11-6-12(8-16-14(11)17-13)18-15(20)10-4-2-1-3-5-10;/h1-8H,(H,16,17)(H,18,20);/q-1;. The van der Waals surface area contributed by atoms with Crippen LogP contribution in [0, 0.1) is 0 Å². The molecule has 5 nitrogen and oxygen atoms in total. The molecule has 2 heterocycles. The molecule has 21 heavy (non-hydrogen) atoms. The van der Waals surface area contributed by atoms with Gasteiger partial charge in [-0.3, -0.25) is 4.79 Å². The molecule has 0 aliphatic carbocycles. The number of rotatable bonds is 3. The van der Waals surface area contributed by atoms with Crippen LogP contribution in [0.1, 0.15) is 16.1 Å². The third-order valence-electron chi connectivity index (χ3n) is 2.87. The molecule has 1 radical (unpaired) electrons. The first kappa shape index (κ1) is 15.1. The van der Waals surface area contributed by atoms with Gasteiger partial charge in [-0.15, -0.1) is 0 Å². The maximum atomic E-state index is 12.0. The van der Waals surface area contributed by atoms with Crippen molar-refractivity contribution >= 4 is 28.9 Å². The quantitative estimate of drug-likeness (QED) is 0.551. The van der Waals surface area contributed by atoms with Gasteiger partial charge < -0.3 is 15.1 Å². The zero-order chi connectivity index (χ0) is 13.9. The number of nitrogens with one attached hydrogen (secondary N) is 2. The van der Waals surface area contributed by atoms with Crippen molar-refractivity contribution in [3.63, 3.8) is 0 Å². The van der Waals surface area contributed by atoms with Crippen LogP contribution in [0.4, 0.5) is 5.69 Å². The molecule has 0 saturated heterocycles. The molecule has 0 aliphatic heterocycles. The maximum absolute atomic E-state index is 12.0. The summed E-state index contributed by atoms with van der Waals surface area (Å²) >= 11 is 0. The summed E-state index contributed by atoms with van der Waals surface area (Å²) in [6.07, 6.45) is 3.31. The Balaban J connectivity index is 0.00000161. The summed E-state index contributed by atoms with van der Waals surface area (Å²) in [4.78, 5) is 29.5.